The molecule has 0 aliphatic heterocycles. The van der Waals surface area contributed by atoms with E-state index >= 15 is 0 Å². The van der Waals surface area contributed by atoms with E-state index in [9.17, 15) is 4.79 Å². The Bertz CT molecular complexity index is 679. The van der Waals surface area contributed by atoms with Crippen LogP contribution in [0.2, 0.25) is 0 Å². The number of rotatable bonds is 7. The quantitative estimate of drug-likeness (QED) is 0.687. The van der Waals surface area contributed by atoms with Crippen LogP contribution < -0.4 is 5.32 Å². The molecule has 0 saturated carbocycles. The van der Waals surface area contributed by atoms with Gasteiger partial charge < -0.3 is 5.32 Å². The molecule has 3 heteroatoms. The molecule has 2 nitrogen and oxygen atoms in total. The van der Waals surface area contributed by atoms with E-state index < -0.39 is 0 Å². The Morgan fingerprint density at radius 1 is 1.04 bits per heavy atom. The Labute approximate surface area is 150 Å². The lowest BCUT2D eigenvalue weighted by Gasteiger charge is -2.18. The summed E-state index contributed by atoms with van der Waals surface area (Å²) in [6.07, 6.45) is 1.44. The molecule has 1 amide bonds. The van der Waals surface area contributed by atoms with Gasteiger partial charge in [0.2, 0.25) is 5.91 Å². The summed E-state index contributed by atoms with van der Waals surface area (Å²) in [6, 6.07) is 15.0. The summed E-state index contributed by atoms with van der Waals surface area (Å²) in [5.41, 5.74) is 5.01. The number of amides is 1. The van der Waals surface area contributed by atoms with Crippen LogP contribution in [0.3, 0.4) is 0 Å². The van der Waals surface area contributed by atoms with Gasteiger partial charge in [0.1, 0.15) is 0 Å². The second-order valence-electron chi connectivity index (χ2n) is 6.28. The van der Waals surface area contributed by atoms with Crippen molar-refractivity contribution in [1.82, 2.24) is 5.32 Å². The smallest absolute Gasteiger partial charge is 0.221 e. The van der Waals surface area contributed by atoms with Crippen molar-refractivity contribution in [3.05, 3.63) is 64.7 Å². The van der Waals surface area contributed by atoms with E-state index in [1.54, 1.807) is 11.8 Å². The maximum atomic E-state index is 12.3. The summed E-state index contributed by atoms with van der Waals surface area (Å²) in [6.45, 7) is 8.42. The van der Waals surface area contributed by atoms with Gasteiger partial charge in [-0.1, -0.05) is 42.8 Å². The molecular formula is C21H27NOS. The van der Waals surface area contributed by atoms with Crippen LogP contribution in [0.1, 0.15) is 48.1 Å². The number of hydrogen-bond donors (Lipinski definition) is 1. The first-order valence-electron chi connectivity index (χ1n) is 8.55. The molecule has 0 aromatic heterocycles. The highest BCUT2D eigenvalue weighted by atomic mass is 32.2. The van der Waals surface area contributed by atoms with Crippen LogP contribution in [0.4, 0.5) is 0 Å². The first-order valence-corrected chi connectivity index (χ1v) is 9.54. The minimum absolute atomic E-state index is 0.0983. The topological polar surface area (TPSA) is 29.1 Å². The Hall–Kier alpha value is -1.74. The van der Waals surface area contributed by atoms with Crippen molar-refractivity contribution in [2.24, 2.45) is 0 Å². The van der Waals surface area contributed by atoms with Gasteiger partial charge in [-0.15, -0.1) is 11.8 Å². The molecule has 0 heterocycles. The number of benzene rings is 2. The van der Waals surface area contributed by atoms with E-state index in [-0.39, 0.29) is 11.9 Å². The first-order chi connectivity index (χ1) is 11.5. The second kappa shape index (κ2) is 8.93. The predicted molar refractivity (Wildman–Crippen MR) is 104 cm³/mol. The van der Waals surface area contributed by atoms with Gasteiger partial charge in [-0.3, -0.25) is 4.79 Å². The van der Waals surface area contributed by atoms with Gasteiger partial charge in [0.25, 0.3) is 0 Å². The number of hydrogen-bond acceptors (Lipinski definition) is 2. The summed E-state index contributed by atoms with van der Waals surface area (Å²) in [5.74, 6) is 0.929. The first kappa shape index (κ1) is 18.6. The lowest BCUT2D eigenvalue weighted by molar-refractivity contribution is -0.121. The van der Waals surface area contributed by atoms with Gasteiger partial charge >= 0.3 is 0 Å². The Kier molecular flexibility index (Phi) is 6.92. The van der Waals surface area contributed by atoms with Crippen LogP contribution in [-0.2, 0) is 4.79 Å². The fraction of sp³-hybridized carbons (Fsp3) is 0.381. The van der Waals surface area contributed by atoms with Gasteiger partial charge in [0.05, 0.1) is 6.04 Å². The molecule has 128 valence electrons. The normalized spacial score (nSPS) is 12.0. The van der Waals surface area contributed by atoms with Gasteiger partial charge in [0.15, 0.2) is 0 Å². The highest BCUT2D eigenvalue weighted by Gasteiger charge is 2.13. The average Bonchev–Trinajstić information content (AvgIpc) is 2.57. The number of nitrogens with one attached hydrogen (secondary N) is 1. The van der Waals surface area contributed by atoms with E-state index in [1.807, 2.05) is 0 Å². The van der Waals surface area contributed by atoms with Gasteiger partial charge in [-0.25, -0.2) is 0 Å². The van der Waals surface area contributed by atoms with E-state index in [0.717, 1.165) is 12.2 Å². The van der Waals surface area contributed by atoms with E-state index in [0.29, 0.717) is 6.42 Å². The van der Waals surface area contributed by atoms with E-state index in [4.69, 9.17) is 0 Å². The maximum absolute atomic E-state index is 12.3. The molecule has 2 aromatic carbocycles. The maximum Gasteiger partial charge on any atom is 0.221 e. The molecule has 1 unspecified atom stereocenters. The van der Waals surface area contributed by atoms with Gasteiger partial charge in [-0.05, 0) is 56.0 Å². The lowest BCUT2D eigenvalue weighted by Crippen LogP contribution is -2.28. The van der Waals surface area contributed by atoms with Crippen molar-refractivity contribution in [2.45, 2.75) is 51.5 Å². The molecule has 0 bridgehead atoms. The fourth-order valence-corrected chi connectivity index (χ4v) is 3.42. The van der Waals surface area contributed by atoms with Crippen LogP contribution in [0.25, 0.3) is 0 Å². The molecule has 0 aliphatic rings. The van der Waals surface area contributed by atoms with Crippen molar-refractivity contribution in [1.29, 1.82) is 0 Å². The zero-order valence-electron chi connectivity index (χ0n) is 15.1. The van der Waals surface area contributed by atoms with Crippen molar-refractivity contribution in [3.8, 4) is 0 Å². The van der Waals surface area contributed by atoms with Gasteiger partial charge in [-0.2, -0.15) is 0 Å². The van der Waals surface area contributed by atoms with E-state index in [2.05, 4.69) is 75.5 Å². The van der Waals surface area contributed by atoms with E-state index in [1.165, 1.54) is 27.1 Å². The molecule has 0 aliphatic carbocycles. The Morgan fingerprint density at radius 3 is 2.38 bits per heavy atom. The SMILES string of the molecule is CCC(NC(=O)CCSc1ccc(C)cc1)c1ccc(C)c(C)c1. The fourth-order valence-electron chi connectivity index (χ4n) is 2.57. The van der Waals surface area contributed by atoms with Gasteiger partial charge in [0, 0.05) is 17.1 Å². The van der Waals surface area contributed by atoms with Crippen molar-refractivity contribution in [3.63, 3.8) is 0 Å². The second-order valence-corrected chi connectivity index (χ2v) is 7.45. The number of carbonyl (C=O) groups excluding carboxylic acids is 1. The third kappa shape index (κ3) is 5.41. The average molecular weight is 342 g/mol. The summed E-state index contributed by atoms with van der Waals surface area (Å²) in [5, 5.41) is 3.17. The Balaban J connectivity index is 1.85. The molecule has 24 heavy (non-hydrogen) atoms. The van der Waals surface area contributed by atoms with Crippen molar-refractivity contribution in [2.75, 3.05) is 5.75 Å². The number of aryl methyl sites for hydroxylation is 3. The summed E-state index contributed by atoms with van der Waals surface area (Å²) >= 11 is 1.73. The lowest BCUT2D eigenvalue weighted by atomic mass is 9.99. The molecule has 2 rings (SSSR count). The third-order valence-electron chi connectivity index (χ3n) is 4.30. The van der Waals surface area contributed by atoms with Crippen LogP contribution >= 0.6 is 11.8 Å². The summed E-state index contributed by atoms with van der Waals surface area (Å²) in [4.78, 5) is 13.5. The predicted octanol–water partition coefficient (Wildman–Crippen LogP) is 5.36. The number of carbonyl (C=O) groups is 1. The molecule has 1 N–H and O–H groups in total. The molecule has 2 aromatic rings. The summed E-state index contributed by atoms with van der Waals surface area (Å²) < 4.78 is 0. The highest BCUT2D eigenvalue weighted by Crippen LogP contribution is 2.21. The zero-order valence-corrected chi connectivity index (χ0v) is 15.9. The summed E-state index contributed by atoms with van der Waals surface area (Å²) in [7, 11) is 0. The van der Waals surface area contributed by atoms with Crippen LogP contribution in [0, 0.1) is 20.8 Å². The molecule has 0 fully saturated rings. The highest BCUT2D eigenvalue weighted by molar-refractivity contribution is 7.99. The standard InChI is InChI=1S/C21H27NOS/c1-5-20(18-9-8-16(3)17(4)14-18)22-21(23)12-13-24-19-10-6-15(2)7-11-19/h6-11,14,20H,5,12-13H2,1-4H3,(H,22,23). The zero-order chi connectivity index (χ0) is 17.5. The van der Waals surface area contributed by atoms with Crippen LogP contribution in [0.5, 0.6) is 0 Å². The monoisotopic (exact) mass is 341 g/mol. The number of thioether (sulfide) groups is 1. The minimum Gasteiger partial charge on any atom is -0.349 e. The molecule has 0 radical (unpaired) electrons. The molecule has 0 spiro atoms. The Morgan fingerprint density at radius 2 is 1.75 bits per heavy atom. The van der Waals surface area contributed by atoms with Crippen molar-refractivity contribution >= 4 is 17.7 Å². The molecule has 1 atom stereocenters. The minimum atomic E-state index is 0.0983. The third-order valence-corrected chi connectivity index (χ3v) is 5.31. The van der Waals surface area contributed by atoms with Crippen molar-refractivity contribution < 1.29 is 4.79 Å². The van der Waals surface area contributed by atoms with Crippen LogP contribution in [-0.4, -0.2) is 11.7 Å². The molecular weight excluding hydrogens is 314 g/mol. The van der Waals surface area contributed by atoms with Crippen LogP contribution in [0.15, 0.2) is 47.4 Å². The largest absolute Gasteiger partial charge is 0.349 e. The molecule has 0 saturated heterocycles.